The van der Waals surface area contributed by atoms with Crippen molar-refractivity contribution >= 4 is 27.8 Å². The first-order chi connectivity index (χ1) is 8.23. The van der Waals surface area contributed by atoms with Crippen LogP contribution in [0, 0.1) is 5.41 Å². The van der Waals surface area contributed by atoms with Crippen molar-refractivity contribution in [3.8, 4) is 0 Å². The molecule has 1 aromatic heterocycles. The average Bonchev–Trinajstić information content (AvgIpc) is 2.24. The fourth-order valence-corrected chi connectivity index (χ4v) is 1.84. The zero-order chi connectivity index (χ0) is 13.9. The van der Waals surface area contributed by atoms with Crippen molar-refractivity contribution in [1.82, 2.24) is 10.3 Å². The van der Waals surface area contributed by atoms with Crippen LogP contribution < -0.4 is 5.32 Å². The minimum atomic E-state index is -1.07. The minimum Gasteiger partial charge on any atom is -0.480 e. The number of carbonyl (C=O) groups excluding carboxylic acids is 1. The number of aromatic nitrogens is 1. The number of carboxylic acid groups (broad SMARTS) is 1. The van der Waals surface area contributed by atoms with Gasteiger partial charge in [0.05, 0.1) is 0 Å². The lowest BCUT2D eigenvalue weighted by molar-refractivity contribution is -0.142. The second-order valence-electron chi connectivity index (χ2n) is 4.94. The maximum atomic E-state index is 12.0. The van der Waals surface area contributed by atoms with E-state index < -0.39 is 23.3 Å². The molecule has 5 nitrogen and oxygen atoms in total. The van der Waals surface area contributed by atoms with Crippen molar-refractivity contribution in [3.63, 3.8) is 0 Å². The van der Waals surface area contributed by atoms with Crippen LogP contribution in [0.15, 0.2) is 22.8 Å². The van der Waals surface area contributed by atoms with E-state index in [1.165, 1.54) is 6.20 Å². The second kappa shape index (κ2) is 5.48. The number of hydrogen-bond donors (Lipinski definition) is 2. The van der Waals surface area contributed by atoms with Gasteiger partial charge in [-0.05, 0) is 33.5 Å². The molecule has 1 rings (SSSR count). The topological polar surface area (TPSA) is 79.3 Å². The first-order valence-electron chi connectivity index (χ1n) is 5.37. The van der Waals surface area contributed by atoms with Crippen LogP contribution in [-0.2, 0) is 4.79 Å². The molecule has 0 bridgehead atoms. The zero-order valence-electron chi connectivity index (χ0n) is 10.4. The second-order valence-corrected chi connectivity index (χ2v) is 5.80. The Hall–Kier alpha value is -1.43. The molecule has 2 N–H and O–H groups in total. The molecule has 0 aliphatic rings. The predicted molar refractivity (Wildman–Crippen MR) is 70.3 cm³/mol. The Bertz CT molecular complexity index is 469. The van der Waals surface area contributed by atoms with Crippen LogP contribution in [-0.4, -0.2) is 28.0 Å². The number of pyridine rings is 1. The van der Waals surface area contributed by atoms with Gasteiger partial charge in [-0.2, -0.15) is 0 Å². The van der Waals surface area contributed by atoms with Gasteiger partial charge in [0.15, 0.2) is 0 Å². The first kappa shape index (κ1) is 14.6. The average molecular weight is 315 g/mol. The summed E-state index contributed by atoms with van der Waals surface area (Å²) in [5.41, 5.74) is -0.407. The number of amides is 1. The van der Waals surface area contributed by atoms with Crippen LogP contribution in [0.25, 0.3) is 0 Å². The SMILES string of the molecule is CC(C)(C)C(NC(=O)c1ncccc1Br)C(=O)O. The lowest BCUT2D eigenvalue weighted by Gasteiger charge is -2.27. The number of aliphatic carboxylic acids is 1. The number of nitrogens with one attached hydrogen (secondary N) is 1. The number of carbonyl (C=O) groups is 2. The highest BCUT2D eigenvalue weighted by atomic mass is 79.9. The summed E-state index contributed by atoms with van der Waals surface area (Å²) in [6.07, 6.45) is 1.48. The molecule has 6 heteroatoms. The van der Waals surface area contributed by atoms with E-state index in [-0.39, 0.29) is 5.69 Å². The van der Waals surface area contributed by atoms with Crippen molar-refractivity contribution < 1.29 is 14.7 Å². The zero-order valence-corrected chi connectivity index (χ0v) is 12.0. The van der Waals surface area contributed by atoms with E-state index in [1.807, 2.05) is 0 Å². The highest BCUT2D eigenvalue weighted by Gasteiger charge is 2.33. The third kappa shape index (κ3) is 3.53. The molecule has 0 aliphatic carbocycles. The summed E-state index contributed by atoms with van der Waals surface area (Å²) >= 11 is 3.20. The lowest BCUT2D eigenvalue weighted by atomic mass is 9.86. The quantitative estimate of drug-likeness (QED) is 0.895. The summed E-state index contributed by atoms with van der Waals surface area (Å²) in [4.78, 5) is 27.0. The number of carboxylic acids is 1. The maximum absolute atomic E-state index is 12.0. The summed E-state index contributed by atoms with van der Waals surface area (Å²) in [5.74, 6) is -1.58. The van der Waals surface area contributed by atoms with E-state index in [0.29, 0.717) is 4.47 Å². The van der Waals surface area contributed by atoms with Gasteiger partial charge in [-0.1, -0.05) is 20.8 Å². The maximum Gasteiger partial charge on any atom is 0.326 e. The van der Waals surface area contributed by atoms with Gasteiger partial charge in [-0.15, -0.1) is 0 Å². The van der Waals surface area contributed by atoms with Crippen molar-refractivity contribution in [3.05, 3.63) is 28.5 Å². The van der Waals surface area contributed by atoms with Crippen molar-refractivity contribution in [1.29, 1.82) is 0 Å². The molecule has 0 aliphatic heterocycles. The van der Waals surface area contributed by atoms with E-state index >= 15 is 0 Å². The summed E-state index contributed by atoms with van der Waals surface area (Å²) in [6, 6.07) is 2.38. The molecule has 18 heavy (non-hydrogen) atoms. The molecular formula is C12H15BrN2O3. The van der Waals surface area contributed by atoms with Crippen LogP contribution in [0.5, 0.6) is 0 Å². The summed E-state index contributed by atoms with van der Waals surface area (Å²) in [5, 5.41) is 11.6. The van der Waals surface area contributed by atoms with E-state index in [9.17, 15) is 9.59 Å². The summed E-state index contributed by atoms with van der Waals surface area (Å²) < 4.78 is 0.528. The van der Waals surface area contributed by atoms with Crippen LogP contribution in [0.2, 0.25) is 0 Å². The van der Waals surface area contributed by atoms with Gasteiger partial charge in [-0.25, -0.2) is 9.78 Å². The third-order valence-corrected chi connectivity index (χ3v) is 3.00. The van der Waals surface area contributed by atoms with Gasteiger partial charge < -0.3 is 10.4 Å². The number of hydrogen-bond acceptors (Lipinski definition) is 3. The molecule has 1 amide bonds. The Morgan fingerprint density at radius 3 is 2.50 bits per heavy atom. The Kier molecular flexibility index (Phi) is 4.45. The molecule has 0 fully saturated rings. The van der Waals surface area contributed by atoms with Gasteiger partial charge in [0.25, 0.3) is 5.91 Å². The van der Waals surface area contributed by atoms with E-state index in [0.717, 1.165) is 0 Å². The van der Waals surface area contributed by atoms with Crippen molar-refractivity contribution in [2.45, 2.75) is 26.8 Å². The standard InChI is InChI=1S/C12H15BrN2O3/c1-12(2,3)9(11(17)18)15-10(16)8-7(13)5-4-6-14-8/h4-6,9H,1-3H3,(H,15,16)(H,17,18). The van der Waals surface area contributed by atoms with Gasteiger partial charge >= 0.3 is 5.97 Å². The van der Waals surface area contributed by atoms with E-state index in [2.05, 4.69) is 26.2 Å². The predicted octanol–water partition coefficient (Wildman–Crippen LogP) is 2.07. The molecular weight excluding hydrogens is 300 g/mol. The van der Waals surface area contributed by atoms with Gasteiger partial charge in [0.2, 0.25) is 0 Å². The largest absolute Gasteiger partial charge is 0.480 e. The van der Waals surface area contributed by atoms with Crippen molar-refractivity contribution in [2.24, 2.45) is 5.41 Å². The smallest absolute Gasteiger partial charge is 0.326 e. The van der Waals surface area contributed by atoms with Crippen LogP contribution in [0.1, 0.15) is 31.3 Å². The van der Waals surface area contributed by atoms with E-state index in [1.54, 1.807) is 32.9 Å². The molecule has 0 saturated carbocycles. The molecule has 1 aromatic rings. The number of rotatable bonds is 3. The number of halogens is 1. The minimum absolute atomic E-state index is 0.174. The molecule has 0 saturated heterocycles. The van der Waals surface area contributed by atoms with Crippen LogP contribution in [0.4, 0.5) is 0 Å². The highest BCUT2D eigenvalue weighted by molar-refractivity contribution is 9.10. The highest BCUT2D eigenvalue weighted by Crippen LogP contribution is 2.20. The van der Waals surface area contributed by atoms with Gasteiger partial charge in [0.1, 0.15) is 11.7 Å². The van der Waals surface area contributed by atoms with E-state index in [4.69, 9.17) is 5.11 Å². The molecule has 1 atom stereocenters. The van der Waals surface area contributed by atoms with Crippen molar-refractivity contribution in [2.75, 3.05) is 0 Å². The summed E-state index contributed by atoms with van der Waals surface area (Å²) in [7, 11) is 0. The molecule has 1 heterocycles. The molecule has 0 spiro atoms. The Labute approximate surface area is 114 Å². The molecule has 98 valence electrons. The van der Waals surface area contributed by atoms with Crippen LogP contribution in [0.3, 0.4) is 0 Å². The molecule has 1 unspecified atom stereocenters. The Balaban J connectivity index is 2.93. The van der Waals surface area contributed by atoms with Crippen LogP contribution >= 0.6 is 15.9 Å². The van der Waals surface area contributed by atoms with Gasteiger partial charge in [-0.3, -0.25) is 4.79 Å². The monoisotopic (exact) mass is 314 g/mol. The number of nitrogens with zero attached hydrogens (tertiary/aromatic N) is 1. The Morgan fingerprint density at radius 1 is 1.44 bits per heavy atom. The molecule has 0 radical (unpaired) electrons. The molecule has 0 aromatic carbocycles. The first-order valence-corrected chi connectivity index (χ1v) is 6.17. The fraction of sp³-hybridized carbons (Fsp3) is 0.417. The summed E-state index contributed by atoms with van der Waals surface area (Å²) in [6.45, 7) is 5.25. The Morgan fingerprint density at radius 2 is 2.06 bits per heavy atom. The lowest BCUT2D eigenvalue weighted by Crippen LogP contribution is -2.49. The van der Waals surface area contributed by atoms with Gasteiger partial charge in [0, 0.05) is 10.7 Å². The third-order valence-electron chi connectivity index (χ3n) is 2.36. The fourth-order valence-electron chi connectivity index (χ4n) is 1.40. The normalized spacial score (nSPS) is 12.9.